The number of β-lactam (4-membered cyclic amide) rings is 1. The molecule has 2 aromatic carbocycles. The van der Waals surface area contributed by atoms with Crippen LogP contribution in [-0.4, -0.2) is 27.6 Å². The van der Waals surface area contributed by atoms with Gasteiger partial charge in [0.25, 0.3) is 0 Å². The Morgan fingerprint density at radius 1 is 1.28 bits per heavy atom. The third kappa shape index (κ3) is 2.42. The van der Waals surface area contributed by atoms with Crippen molar-refractivity contribution >= 4 is 56.9 Å². The highest BCUT2D eigenvalue weighted by molar-refractivity contribution is 9.10. The third-order valence-corrected chi connectivity index (χ3v) is 7.01. The molecule has 128 valence electrons. The van der Waals surface area contributed by atoms with E-state index in [2.05, 4.69) is 15.9 Å². The number of thioether (sulfide) groups is 1. The predicted molar refractivity (Wildman–Crippen MR) is 101 cm³/mol. The first-order valence-electron chi connectivity index (χ1n) is 7.68. The van der Waals surface area contributed by atoms with Crippen LogP contribution in [0, 0.1) is 0 Å². The lowest BCUT2D eigenvalue weighted by Crippen LogP contribution is -2.71. The second kappa shape index (κ2) is 6.04. The number of alkyl halides is 1. The summed E-state index contributed by atoms with van der Waals surface area (Å²) < 4.78 is 0.838. The Morgan fingerprint density at radius 3 is 2.68 bits per heavy atom. The number of halogens is 2. The lowest BCUT2D eigenvalue weighted by Gasteiger charge is -2.55. The maximum atomic E-state index is 12.7. The van der Waals surface area contributed by atoms with E-state index in [4.69, 9.17) is 11.6 Å². The zero-order valence-corrected chi connectivity index (χ0v) is 16.0. The highest BCUT2D eigenvalue weighted by Gasteiger charge is 2.63. The van der Waals surface area contributed by atoms with E-state index in [1.54, 1.807) is 4.90 Å². The van der Waals surface area contributed by atoms with Gasteiger partial charge >= 0.3 is 5.97 Å². The van der Waals surface area contributed by atoms with Crippen molar-refractivity contribution in [3.63, 3.8) is 0 Å². The highest BCUT2D eigenvalue weighted by Crippen LogP contribution is 2.56. The lowest BCUT2D eigenvalue weighted by atomic mass is 9.73. The molecule has 0 radical (unpaired) electrons. The molecule has 1 fully saturated rings. The van der Waals surface area contributed by atoms with Crippen LogP contribution in [0.5, 0.6) is 0 Å². The van der Waals surface area contributed by atoms with Crippen LogP contribution in [0.1, 0.15) is 12.0 Å². The molecule has 1 saturated heterocycles. The zero-order chi connectivity index (χ0) is 17.8. The number of anilines is 1. The Kier molecular flexibility index (Phi) is 4.09. The van der Waals surface area contributed by atoms with Crippen molar-refractivity contribution in [2.24, 2.45) is 0 Å². The van der Waals surface area contributed by atoms with Gasteiger partial charge in [-0.2, -0.15) is 0 Å². The van der Waals surface area contributed by atoms with Crippen molar-refractivity contribution in [2.45, 2.75) is 27.5 Å². The Hall–Kier alpha value is -1.50. The number of hydrogen-bond acceptors (Lipinski definition) is 3. The molecule has 0 bridgehead atoms. The molecule has 2 heterocycles. The van der Waals surface area contributed by atoms with Crippen LogP contribution < -0.4 is 4.90 Å². The van der Waals surface area contributed by atoms with E-state index >= 15 is 0 Å². The van der Waals surface area contributed by atoms with Crippen molar-refractivity contribution in [3.05, 3.63) is 58.6 Å². The van der Waals surface area contributed by atoms with Crippen LogP contribution in [0.15, 0.2) is 57.9 Å². The molecule has 1 amide bonds. The average Bonchev–Trinajstić information content (AvgIpc) is 2.75. The molecule has 3 atom stereocenters. The molecular formula is C18H13BrClNO3S. The van der Waals surface area contributed by atoms with E-state index < -0.39 is 22.1 Å². The first kappa shape index (κ1) is 16.9. The minimum Gasteiger partial charge on any atom is -0.480 e. The van der Waals surface area contributed by atoms with E-state index in [1.165, 1.54) is 11.8 Å². The average molecular weight is 439 g/mol. The number of carboxylic acid groups (broad SMARTS) is 1. The van der Waals surface area contributed by atoms with Gasteiger partial charge in [0, 0.05) is 15.8 Å². The third-order valence-electron chi connectivity index (χ3n) is 4.73. The van der Waals surface area contributed by atoms with Crippen LogP contribution in [0.25, 0.3) is 0 Å². The number of carbonyl (C=O) groups is 2. The Balaban J connectivity index is 1.96. The molecule has 0 spiro atoms. The largest absolute Gasteiger partial charge is 0.480 e. The number of rotatable bonds is 2. The second-order valence-corrected chi connectivity index (χ2v) is 8.68. The van der Waals surface area contributed by atoms with Crippen molar-refractivity contribution in [1.29, 1.82) is 0 Å². The molecule has 3 unspecified atom stereocenters. The molecule has 7 heteroatoms. The Labute approximate surface area is 162 Å². The summed E-state index contributed by atoms with van der Waals surface area (Å²) >= 11 is 11.2. The van der Waals surface area contributed by atoms with Gasteiger partial charge in [-0.15, -0.1) is 23.4 Å². The standard InChI is InChI=1S/C18H13BrClNO3S/c19-11-6-7-12-13(8-11)25-14(17(23)24)9-18(10-4-2-1-3-5-10)15(20)16(22)21(12)18/h1-8,14-15H,9H2,(H,23,24). The van der Waals surface area contributed by atoms with Crippen LogP contribution in [-0.2, 0) is 15.1 Å². The normalized spacial score (nSPS) is 27.8. The van der Waals surface area contributed by atoms with E-state index in [0.29, 0.717) is 5.69 Å². The highest BCUT2D eigenvalue weighted by atomic mass is 79.9. The fraction of sp³-hybridized carbons (Fsp3) is 0.222. The zero-order valence-electron chi connectivity index (χ0n) is 12.9. The Bertz CT molecular complexity index is 878. The van der Waals surface area contributed by atoms with E-state index in [1.807, 2.05) is 48.5 Å². The number of amides is 1. The topological polar surface area (TPSA) is 57.6 Å². The van der Waals surface area contributed by atoms with Gasteiger partial charge in [0.2, 0.25) is 5.91 Å². The first-order valence-corrected chi connectivity index (χ1v) is 9.79. The maximum absolute atomic E-state index is 12.7. The van der Waals surface area contributed by atoms with Gasteiger partial charge in [-0.3, -0.25) is 14.5 Å². The molecule has 25 heavy (non-hydrogen) atoms. The first-order chi connectivity index (χ1) is 11.9. The van der Waals surface area contributed by atoms with Crippen molar-refractivity contribution in [3.8, 4) is 0 Å². The maximum Gasteiger partial charge on any atom is 0.317 e. The molecule has 2 aliphatic heterocycles. The number of carbonyl (C=O) groups excluding carboxylic acids is 1. The van der Waals surface area contributed by atoms with Gasteiger partial charge in [-0.05, 0) is 23.8 Å². The number of benzene rings is 2. The lowest BCUT2D eigenvalue weighted by molar-refractivity contribution is -0.138. The van der Waals surface area contributed by atoms with Crippen molar-refractivity contribution in [1.82, 2.24) is 0 Å². The van der Waals surface area contributed by atoms with Gasteiger partial charge in [0.1, 0.15) is 10.6 Å². The van der Waals surface area contributed by atoms with Crippen molar-refractivity contribution < 1.29 is 14.7 Å². The summed E-state index contributed by atoms with van der Waals surface area (Å²) in [5, 5.41) is 8.23. The van der Waals surface area contributed by atoms with E-state index in [-0.39, 0.29) is 12.3 Å². The molecule has 0 saturated carbocycles. The summed E-state index contributed by atoms with van der Waals surface area (Å²) in [6.45, 7) is 0. The predicted octanol–water partition coefficient (Wildman–Crippen LogP) is 4.25. The smallest absolute Gasteiger partial charge is 0.317 e. The molecule has 2 aromatic rings. The number of hydrogen-bond donors (Lipinski definition) is 1. The fourth-order valence-corrected chi connectivity index (χ4v) is 5.74. The number of nitrogens with zero attached hydrogens (tertiary/aromatic N) is 1. The molecule has 4 rings (SSSR count). The molecule has 1 N–H and O–H groups in total. The SMILES string of the molecule is O=C(O)C1CC2(c3ccccc3)C(Cl)C(=O)N2c2ccc(Br)cc2S1. The Morgan fingerprint density at radius 2 is 2.00 bits per heavy atom. The molecular weight excluding hydrogens is 426 g/mol. The van der Waals surface area contributed by atoms with Crippen LogP contribution in [0.2, 0.25) is 0 Å². The summed E-state index contributed by atoms with van der Waals surface area (Å²) in [5.41, 5.74) is 0.717. The van der Waals surface area contributed by atoms with Crippen LogP contribution in [0.4, 0.5) is 5.69 Å². The van der Waals surface area contributed by atoms with Gasteiger partial charge in [-0.1, -0.05) is 46.3 Å². The molecule has 4 nitrogen and oxygen atoms in total. The summed E-state index contributed by atoms with van der Waals surface area (Å²) in [7, 11) is 0. The molecule has 2 aliphatic rings. The quantitative estimate of drug-likeness (QED) is 0.563. The van der Waals surface area contributed by atoms with E-state index in [0.717, 1.165) is 14.9 Å². The molecule has 0 aromatic heterocycles. The van der Waals surface area contributed by atoms with Gasteiger partial charge in [-0.25, -0.2) is 0 Å². The minimum atomic E-state index is -0.906. The molecule has 0 aliphatic carbocycles. The van der Waals surface area contributed by atoms with Crippen LogP contribution in [0.3, 0.4) is 0 Å². The van der Waals surface area contributed by atoms with Gasteiger partial charge in [0.15, 0.2) is 0 Å². The summed E-state index contributed by atoms with van der Waals surface area (Å²) in [6.07, 6.45) is 0.253. The number of aliphatic carboxylic acids is 1. The minimum absolute atomic E-state index is 0.194. The van der Waals surface area contributed by atoms with Crippen molar-refractivity contribution in [2.75, 3.05) is 4.90 Å². The monoisotopic (exact) mass is 437 g/mol. The number of carboxylic acids is 1. The van der Waals surface area contributed by atoms with Crippen LogP contribution >= 0.6 is 39.3 Å². The number of fused-ring (bicyclic) bond motifs is 3. The second-order valence-electron chi connectivity index (χ2n) is 6.09. The van der Waals surface area contributed by atoms with Gasteiger partial charge in [0.05, 0.1) is 11.2 Å². The summed E-state index contributed by atoms with van der Waals surface area (Å²) in [6, 6.07) is 15.0. The summed E-state index contributed by atoms with van der Waals surface area (Å²) in [5.74, 6) is -1.10. The summed E-state index contributed by atoms with van der Waals surface area (Å²) in [4.78, 5) is 27.0. The fourth-order valence-electron chi connectivity index (χ4n) is 3.59. The van der Waals surface area contributed by atoms with E-state index in [9.17, 15) is 14.7 Å². The van der Waals surface area contributed by atoms with Gasteiger partial charge < -0.3 is 5.11 Å².